The SMILES string of the molecule is CC(O)C(=O)NCCc1ccc(F)cc1. The lowest BCUT2D eigenvalue weighted by molar-refractivity contribution is -0.128. The molecule has 1 rings (SSSR count). The number of hydrogen-bond acceptors (Lipinski definition) is 2. The van der Waals surface area contributed by atoms with Crippen LogP contribution in [0.5, 0.6) is 0 Å². The van der Waals surface area contributed by atoms with E-state index in [1.165, 1.54) is 19.1 Å². The number of carbonyl (C=O) groups excluding carboxylic acids is 1. The van der Waals surface area contributed by atoms with Gasteiger partial charge in [0, 0.05) is 6.54 Å². The van der Waals surface area contributed by atoms with Gasteiger partial charge in [-0.15, -0.1) is 0 Å². The van der Waals surface area contributed by atoms with E-state index < -0.39 is 12.0 Å². The molecular formula is C11H14FNO2. The molecule has 0 aromatic heterocycles. The van der Waals surface area contributed by atoms with Crippen molar-refractivity contribution in [2.45, 2.75) is 19.4 Å². The Hall–Kier alpha value is -1.42. The Balaban J connectivity index is 2.32. The molecule has 1 amide bonds. The maximum Gasteiger partial charge on any atom is 0.248 e. The average molecular weight is 211 g/mol. The Morgan fingerprint density at radius 2 is 2.07 bits per heavy atom. The quantitative estimate of drug-likeness (QED) is 0.776. The van der Waals surface area contributed by atoms with E-state index >= 15 is 0 Å². The highest BCUT2D eigenvalue weighted by Gasteiger charge is 2.06. The molecule has 4 heteroatoms. The Morgan fingerprint density at radius 1 is 1.47 bits per heavy atom. The molecule has 1 unspecified atom stereocenters. The van der Waals surface area contributed by atoms with Gasteiger partial charge in [-0.05, 0) is 31.0 Å². The lowest BCUT2D eigenvalue weighted by atomic mass is 10.1. The molecule has 0 aliphatic heterocycles. The van der Waals surface area contributed by atoms with Crippen molar-refractivity contribution in [2.24, 2.45) is 0 Å². The Morgan fingerprint density at radius 3 is 2.60 bits per heavy atom. The van der Waals surface area contributed by atoms with E-state index in [1.54, 1.807) is 12.1 Å². The van der Waals surface area contributed by atoms with E-state index in [0.717, 1.165) is 5.56 Å². The van der Waals surface area contributed by atoms with E-state index in [4.69, 9.17) is 5.11 Å². The molecule has 0 radical (unpaired) electrons. The summed E-state index contributed by atoms with van der Waals surface area (Å²) in [4.78, 5) is 11.0. The van der Waals surface area contributed by atoms with Crippen molar-refractivity contribution in [3.63, 3.8) is 0 Å². The number of aliphatic hydroxyl groups is 1. The summed E-state index contributed by atoms with van der Waals surface area (Å²) in [6.07, 6.45) is -0.364. The van der Waals surface area contributed by atoms with E-state index in [9.17, 15) is 9.18 Å². The summed E-state index contributed by atoms with van der Waals surface area (Å²) in [6.45, 7) is 1.85. The summed E-state index contributed by atoms with van der Waals surface area (Å²) < 4.78 is 12.5. The van der Waals surface area contributed by atoms with Crippen molar-refractivity contribution >= 4 is 5.91 Å². The zero-order chi connectivity index (χ0) is 11.3. The first-order valence-corrected chi connectivity index (χ1v) is 4.80. The van der Waals surface area contributed by atoms with Gasteiger partial charge in [0.1, 0.15) is 11.9 Å². The monoisotopic (exact) mass is 211 g/mol. The Kier molecular flexibility index (Phi) is 4.24. The van der Waals surface area contributed by atoms with Crippen LogP contribution in [0, 0.1) is 5.82 Å². The van der Waals surface area contributed by atoms with Crippen LogP contribution in [-0.2, 0) is 11.2 Å². The summed E-state index contributed by atoms with van der Waals surface area (Å²) in [5.41, 5.74) is 0.947. The second kappa shape index (κ2) is 5.46. The van der Waals surface area contributed by atoms with Gasteiger partial charge >= 0.3 is 0 Å². The molecule has 1 aromatic carbocycles. The largest absolute Gasteiger partial charge is 0.384 e. The molecule has 0 saturated carbocycles. The highest BCUT2D eigenvalue weighted by atomic mass is 19.1. The molecule has 15 heavy (non-hydrogen) atoms. The van der Waals surface area contributed by atoms with Crippen LogP contribution in [0.2, 0.25) is 0 Å². The van der Waals surface area contributed by atoms with Gasteiger partial charge in [-0.1, -0.05) is 12.1 Å². The molecular weight excluding hydrogens is 197 g/mol. The second-order valence-corrected chi connectivity index (χ2v) is 3.34. The smallest absolute Gasteiger partial charge is 0.248 e. The average Bonchev–Trinajstić information content (AvgIpc) is 2.20. The van der Waals surface area contributed by atoms with E-state index in [0.29, 0.717) is 13.0 Å². The van der Waals surface area contributed by atoms with Crippen molar-refractivity contribution in [3.8, 4) is 0 Å². The topological polar surface area (TPSA) is 49.3 Å². The third kappa shape index (κ3) is 4.08. The number of nitrogens with one attached hydrogen (secondary N) is 1. The minimum absolute atomic E-state index is 0.272. The molecule has 0 fully saturated rings. The summed E-state index contributed by atoms with van der Waals surface area (Å²) in [5.74, 6) is -0.663. The molecule has 0 aliphatic carbocycles. The second-order valence-electron chi connectivity index (χ2n) is 3.34. The normalized spacial score (nSPS) is 12.2. The molecule has 2 N–H and O–H groups in total. The predicted octanol–water partition coefficient (Wildman–Crippen LogP) is 0.865. The summed E-state index contributed by atoms with van der Waals surface area (Å²) >= 11 is 0. The van der Waals surface area contributed by atoms with Gasteiger partial charge in [0.05, 0.1) is 0 Å². The zero-order valence-corrected chi connectivity index (χ0v) is 8.53. The van der Waals surface area contributed by atoms with Crippen molar-refractivity contribution in [1.82, 2.24) is 5.32 Å². The number of halogens is 1. The van der Waals surface area contributed by atoms with Crippen LogP contribution in [0.3, 0.4) is 0 Å². The van der Waals surface area contributed by atoms with Crippen LogP contribution in [0.1, 0.15) is 12.5 Å². The molecule has 0 saturated heterocycles. The number of amides is 1. The third-order valence-corrected chi connectivity index (χ3v) is 2.01. The van der Waals surface area contributed by atoms with Gasteiger partial charge in [0.25, 0.3) is 0 Å². The lowest BCUT2D eigenvalue weighted by Gasteiger charge is -2.06. The fourth-order valence-electron chi connectivity index (χ4n) is 1.13. The van der Waals surface area contributed by atoms with Crippen LogP contribution in [-0.4, -0.2) is 23.7 Å². The first-order chi connectivity index (χ1) is 7.09. The van der Waals surface area contributed by atoms with E-state index in [1.807, 2.05) is 0 Å². The summed E-state index contributed by atoms with van der Waals surface area (Å²) in [5, 5.41) is 11.5. The Bertz CT molecular complexity index is 322. The maximum atomic E-state index is 12.5. The van der Waals surface area contributed by atoms with Gasteiger partial charge in [0.2, 0.25) is 5.91 Å². The van der Waals surface area contributed by atoms with Crippen molar-refractivity contribution < 1.29 is 14.3 Å². The van der Waals surface area contributed by atoms with Crippen molar-refractivity contribution in [3.05, 3.63) is 35.6 Å². The third-order valence-electron chi connectivity index (χ3n) is 2.01. The number of benzene rings is 1. The van der Waals surface area contributed by atoms with Crippen LogP contribution in [0.4, 0.5) is 4.39 Å². The van der Waals surface area contributed by atoms with Gasteiger partial charge < -0.3 is 10.4 Å². The standard InChI is InChI=1S/C11H14FNO2/c1-8(14)11(15)13-7-6-9-2-4-10(12)5-3-9/h2-5,8,14H,6-7H2,1H3,(H,13,15). The fourth-order valence-corrected chi connectivity index (χ4v) is 1.13. The minimum Gasteiger partial charge on any atom is -0.384 e. The molecule has 1 aromatic rings. The van der Waals surface area contributed by atoms with Crippen LogP contribution in [0.15, 0.2) is 24.3 Å². The molecule has 3 nitrogen and oxygen atoms in total. The molecule has 0 bridgehead atoms. The van der Waals surface area contributed by atoms with Crippen LogP contribution >= 0.6 is 0 Å². The lowest BCUT2D eigenvalue weighted by Crippen LogP contribution is -2.33. The van der Waals surface area contributed by atoms with Crippen molar-refractivity contribution in [2.75, 3.05) is 6.54 Å². The minimum atomic E-state index is -0.988. The van der Waals surface area contributed by atoms with E-state index in [2.05, 4.69) is 5.32 Å². The van der Waals surface area contributed by atoms with Gasteiger partial charge in [-0.25, -0.2) is 4.39 Å². The van der Waals surface area contributed by atoms with Gasteiger partial charge in [-0.2, -0.15) is 0 Å². The molecule has 0 aliphatic rings. The highest BCUT2D eigenvalue weighted by Crippen LogP contribution is 2.02. The first kappa shape index (κ1) is 11.7. The van der Waals surface area contributed by atoms with Crippen LogP contribution in [0.25, 0.3) is 0 Å². The predicted molar refractivity (Wildman–Crippen MR) is 54.8 cm³/mol. The number of carbonyl (C=O) groups is 1. The summed E-state index contributed by atoms with van der Waals surface area (Å²) in [6, 6.07) is 6.10. The number of aliphatic hydroxyl groups excluding tert-OH is 1. The Labute approximate surface area is 87.9 Å². The zero-order valence-electron chi connectivity index (χ0n) is 8.53. The molecule has 0 spiro atoms. The van der Waals surface area contributed by atoms with Gasteiger partial charge in [0.15, 0.2) is 0 Å². The van der Waals surface area contributed by atoms with Crippen LogP contribution < -0.4 is 5.32 Å². The molecule has 1 atom stereocenters. The van der Waals surface area contributed by atoms with Crippen molar-refractivity contribution in [1.29, 1.82) is 0 Å². The molecule has 0 heterocycles. The van der Waals surface area contributed by atoms with E-state index in [-0.39, 0.29) is 5.82 Å². The first-order valence-electron chi connectivity index (χ1n) is 4.80. The number of hydrogen-bond donors (Lipinski definition) is 2. The number of rotatable bonds is 4. The molecule has 82 valence electrons. The highest BCUT2D eigenvalue weighted by molar-refractivity contribution is 5.79. The maximum absolute atomic E-state index is 12.5. The fraction of sp³-hybridized carbons (Fsp3) is 0.364. The van der Waals surface area contributed by atoms with Gasteiger partial charge in [-0.3, -0.25) is 4.79 Å². The summed E-state index contributed by atoms with van der Waals surface area (Å²) in [7, 11) is 0.